The summed E-state index contributed by atoms with van der Waals surface area (Å²) in [5, 5.41) is 2.89. The summed E-state index contributed by atoms with van der Waals surface area (Å²) in [6, 6.07) is 20.2. The van der Waals surface area contributed by atoms with E-state index in [9.17, 15) is 4.79 Å². The van der Waals surface area contributed by atoms with Gasteiger partial charge in [-0.05, 0) is 66.8 Å². The minimum Gasteiger partial charge on any atom is -0.492 e. The van der Waals surface area contributed by atoms with E-state index in [1.54, 1.807) is 12.4 Å². The van der Waals surface area contributed by atoms with E-state index >= 15 is 0 Å². The Kier molecular flexibility index (Phi) is 11.4. The maximum atomic E-state index is 11.7. The third-order valence-electron chi connectivity index (χ3n) is 5.63. The molecule has 0 aliphatic rings. The van der Waals surface area contributed by atoms with Gasteiger partial charge in [-0.1, -0.05) is 67.6 Å². The van der Waals surface area contributed by atoms with E-state index in [4.69, 9.17) is 10.5 Å². The Hall–Kier alpha value is -3.70. The number of hydrogen-bond donors (Lipinski definition) is 2. The second-order valence-electron chi connectivity index (χ2n) is 8.33. The fourth-order valence-electron chi connectivity index (χ4n) is 3.20. The Labute approximate surface area is 209 Å². The highest BCUT2D eigenvalue weighted by Crippen LogP contribution is 2.24. The molecule has 0 aliphatic carbocycles. The minimum atomic E-state index is -0.119. The van der Waals surface area contributed by atoms with E-state index in [0.29, 0.717) is 19.7 Å². The molecule has 0 aliphatic heterocycles. The number of nitrogens with two attached hydrogens (primary N) is 1. The van der Waals surface area contributed by atoms with E-state index in [-0.39, 0.29) is 11.8 Å². The fourth-order valence-corrected chi connectivity index (χ4v) is 3.20. The molecular formula is C30H37N3O2. The number of allylic oxidation sites excluding steroid dienone is 1. The number of carbonyl (C=O) groups is 1. The lowest BCUT2D eigenvalue weighted by atomic mass is 10.00. The number of pyridine rings is 1. The van der Waals surface area contributed by atoms with Crippen LogP contribution >= 0.6 is 0 Å². The van der Waals surface area contributed by atoms with E-state index in [1.807, 2.05) is 45.0 Å². The monoisotopic (exact) mass is 471 g/mol. The number of nitrogens with zero attached hydrogens (tertiary/aromatic N) is 1. The van der Waals surface area contributed by atoms with Crippen molar-refractivity contribution in [2.75, 3.05) is 13.2 Å². The number of amides is 1. The fraction of sp³-hybridized carbons (Fsp3) is 0.267. The van der Waals surface area contributed by atoms with E-state index in [0.717, 1.165) is 28.9 Å². The molecule has 1 aromatic heterocycles. The van der Waals surface area contributed by atoms with Crippen LogP contribution in [0.4, 0.5) is 0 Å². The number of nitrogens with one attached hydrogen (secondary N) is 1. The van der Waals surface area contributed by atoms with Crippen molar-refractivity contribution >= 4 is 11.5 Å². The van der Waals surface area contributed by atoms with Crippen molar-refractivity contribution < 1.29 is 9.53 Å². The predicted molar refractivity (Wildman–Crippen MR) is 146 cm³/mol. The molecule has 1 atom stereocenters. The van der Waals surface area contributed by atoms with Crippen LogP contribution in [0.15, 0.2) is 91.8 Å². The second kappa shape index (κ2) is 14.5. The highest BCUT2D eigenvalue weighted by molar-refractivity contribution is 5.80. The van der Waals surface area contributed by atoms with Gasteiger partial charge in [0.2, 0.25) is 5.91 Å². The van der Waals surface area contributed by atoms with Crippen LogP contribution < -0.4 is 15.8 Å². The Balaban J connectivity index is 0.000000251. The minimum absolute atomic E-state index is 0.0312. The SMILES string of the molecule is C=C(C)c1ccc(-c2ccc(OCCN)cc2)cc1.C=C(CC)C(C)C(=O)NCc1ccncc1. The topological polar surface area (TPSA) is 77.2 Å². The summed E-state index contributed by atoms with van der Waals surface area (Å²) in [7, 11) is 0. The van der Waals surface area contributed by atoms with Crippen molar-refractivity contribution in [1.29, 1.82) is 0 Å². The Morgan fingerprint density at radius 1 is 1.00 bits per heavy atom. The van der Waals surface area contributed by atoms with Gasteiger partial charge in [0.05, 0.1) is 5.92 Å². The third kappa shape index (κ3) is 9.22. The van der Waals surface area contributed by atoms with E-state index in [1.165, 1.54) is 16.7 Å². The summed E-state index contributed by atoms with van der Waals surface area (Å²) in [6.45, 7) is 15.3. The zero-order valence-electron chi connectivity index (χ0n) is 21.1. The summed E-state index contributed by atoms with van der Waals surface area (Å²) in [5.41, 5.74) is 12.0. The summed E-state index contributed by atoms with van der Waals surface area (Å²) in [5.74, 6) is 0.767. The molecule has 1 amide bonds. The van der Waals surface area contributed by atoms with Gasteiger partial charge in [-0.3, -0.25) is 9.78 Å². The molecule has 0 fully saturated rings. The standard InChI is InChI=1S/C17H19NO.C13H18N2O/c1-13(2)14-3-5-15(6-4-14)16-7-9-17(10-8-16)19-12-11-18;1-4-10(2)11(3)13(16)15-9-12-5-7-14-8-6-12/h3-10H,1,11-12,18H2,2H3;5-8,11H,2,4,9H2,1,3H3,(H,15,16). The smallest absolute Gasteiger partial charge is 0.227 e. The van der Waals surface area contributed by atoms with Crippen molar-refractivity contribution in [2.24, 2.45) is 11.7 Å². The predicted octanol–water partition coefficient (Wildman–Crippen LogP) is 6.02. The van der Waals surface area contributed by atoms with Crippen molar-refractivity contribution in [3.8, 4) is 16.9 Å². The molecule has 3 aromatic rings. The van der Waals surface area contributed by atoms with Crippen LogP contribution in [0.3, 0.4) is 0 Å². The van der Waals surface area contributed by atoms with E-state index in [2.05, 4.69) is 59.9 Å². The first-order valence-corrected chi connectivity index (χ1v) is 11.9. The first-order chi connectivity index (χ1) is 16.8. The highest BCUT2D eigenvalue weighted by Gasteiger charge is 2.14. The molecule has 3 rings (SSSR count). The lowest BCUT2D eigenvalue weighted by Crippen LogP contribution is -2.29. The van der Waals surface area contributed by atoms with Crippen LogP contribution in [0.5, 0.6) is 5.75 Å². The second-order valence-corrected chi connectivity index (χ2v) is 8.33. The van der Waals surface area contributed by atoms with Gasteiger partial charge in [-0.25, -0.2) is 0 Å². The Morgan fingerprint density at radius 2 is 1.57 bits per heavy atom. The number of carbonyl (C=O) groups excluding carboxylic acids is 1. The molecule has 5 nitrogen and oxygen atoms in total. The summed E-state index contributed by atoms with van der Waals surface area (Å²) in [4.78, 5) is 15.7. The first kappa shape index (κ1) is 27.5. The number of aromatic nitrogens is 1. The molecule has 0 spiro atoms. The number of hydrogen-bond acceptors (Lipinski definition) is 4. The van der Waals surface area contributed by atoms with Crippen LogP contribution in [-0.2, 0) is 11.3 Å². The van der Waals surface area contributed by atoms with Gasteiger partial charge in [0, 0.05) is 25.5 Å². The molecule has 1 unspecified atom stereocenters. The largest absolute Gasteiger partial charge is 0.492 e. The quantitative estimate of drug-likeness (QED) is 0.354. The van der Waals surface area contributed by atoms with Gasteiger partial charge >= 0.3 is 0 Å². The maximum Gasteiger partial charge on any atom is 0.227 e. The van der Waals surface area contributed by atoms with Crippen molar-refractivity contribution in [1.82, 2.24) is 10.3 Å². The first-order valence-electron chi connectivity index (χ1n) is 11.9. The molecule has 3 N–H and O–H groups in total. The van der Waals surface area contributed by atoms with Crippen LogP contribution in [-0.4, -0.2) is 24.0 Å². The normalized spacial score (nSPS) is 11.0. The van der Waals surface area contributed by atoms with Crippen molar-refractivity contribution in [2.45, 2.75) is 33.7 Å². The zero-order valence-corrected chi connectivity index (χ0v) is 21.1. The van der Waals surface area contributed by atoms with Crippen LogP contribution in [0.25, 0.3) is 16.7 Å². The van der Waals surface area contributed by atoms with Gasteiger partial charge in [-0.15, -0.1) is 0 Å². The van der Waals surface area contributed by atoms with Crippen LogP contribution in [0.1, 0.15) is 38.3 Å². The lowest BCUT2D eigenvalue weighted by Gasteiger charge is -2.13. The van der Waals surface area contributed by atoms with Crippen molar-refractivity contribution in [3.63, 3.8) is 0 Å². The molecule has 35 heavy (non-hydrogen) atoms. The van der Waals surface area contributed by atoms with Gasteiger partial charge in [-0.2, -0.15) is 0 Å². The summed E-state index contributed by atoms with van der Waals surface area (Å²) in [6.07, 6.45) is 4.27. The number of rotatable bonds is 10. The molecule has 1 heterocycles. The van der Waals surface area contributed by atoms with Crippen LogP contribution in [0.2, 0.25) is 0 Å². The molecule has 0 saturated carbocycles. The average Bonchev–Trinajstić information content (AvgIpc) is 2.91. The molecule has 184 valence electrons. The maximum absolute atomic E-state index is 11.7. The molecule has 0 bridgehead atoms. The lowest BCUT2D eigenvalue weighted by molar-refractivity contribution is -0.123. The Bertz CT molecular complexity index is 1070. The highest BCUT2D eigenvalue weighted by atomic mass is 16.5. The number of benzene rings is 2. The average molecular weight is 472 g/mol. The van der Waals surface area contributed by atoms with Gasteiger partial charge in [0.25, 0.3) is 0 Å². The third-order valence-corrected chi connectivity index (χ3v) is 5.63. The molecule has 0 radical (unpaired) electrons. The van der Waals surface area contributed by atoms with E-state index < -0.39 is 0 Å². The van der Waals surface area contributed by atoms with Crippen molar-refractivity contribution in [3.05, 3.63) is 103 Å². The molecule has 2 aromatic carbocycles. The van der Waals surface area contributed by atoms with Gasteiger partial charge < -0.3 is 15.8 Å². The number of ether oxygens (including phenoxy) is 1. The molecule has 0 saturated heterocycles. The van der Waals surface area contributed by atoms with Gasteiger partial charge in [0.1, 0.15) is 12.4 Å². The summed E-state index contributed by atoms with van der Waals surface area (Å²) >= 11 is 0. The molecular weight excluding hydrogens is 434 g/mol. The van der Waals surface area contributed by atoms with Gasteiger partial charge in [0.15, 0.2) is 0 Å². The Morgan fingerprint density at radius 3 is 2.09 bits per heavy atom. The summed E-state index contributed by atoms with van der Waals surface area (Å²) < 4.78 is 5.46. The zero-order chi connectivity index (χ0) is 25.6. The van der Waals surface area contributed by atoms with Crippen LogP contribution in [0, 0.1) is 5.92 Å². The molecule has 5 heteroatoms.